The smallest absolute Gasteiger partial charge is 0.251 e. The van der Waals surface area contributed by atoms with E-state index in [-0.39, 0.29) is 17.5 Å². The van der Waals surface area contributed by atoms with Crippen molar-refractivity contribution in [1.82, 2.24) is 9.97 Å². The number of hydrogen-bond acceptors (Lipinski definition) is 3. The van der Waals surface area contributed by atoms with E-state index in [1.807, 2.05) is 0 Å². The fraction of sp³-hybridized carbons (Fsp3) is 0.600. The molecule has 1 aromatic heterocycles. The van der Waals surface area contributed by atoms with Gasteiger partial charge in [0.2, 0.25) is 0 Å². The van der Waals surface area contributed by atoms with Crippen LogP contribution >= 0.6 is 11.6 Å². The Balaban J connectivity index is 2.12. The number of rotatable bonds is 3. The van der Waals surface area contributed by atoms with Crippen molar-refractivity contribution in [1.29, 1.82) is 0 Å². The highest BCUT2D eigenvalue weighted by Crippen LogP contribution is 2.15. The second-order valence-corrected chi connectivity index (χ2v) is 3.92. The Morgan fingerprint density at radius 3 is 3.20 bits per heavy atom. The van der Waals surface area contributed by atoms with E-state index < -0.39 is 0 Å². The summed E-state index contributed by atoms with van der Waals surface area (Å²) in [5, 5.41) is 0. The lowest BCUT2D eigenvalue weighted by molar-refractivity contribution is 0.110. The normalized spacial score (nSPS) is 20.7. The van der Waals surface area contributed by atoms with Crippen molar-refractivity contribution in [2.24, 2.45) is 0 Å². The van der Waals surface area contributed by atoms with E-state index in [1.165, 1.54) is 6.07 Å². The van der Waals surface area contributed by atoms with Crippen LogP contribution in [0.1, 0.15) is 24.4 Å². The van der Waals surface area contributed by atoms with Crippen molar-refractivity contribution in [2.45, 2.75) is 31.2 Å². The van der Waals surface area contributed by atoms with Crippen molar-refractivity contribution in [3.63, 3.8) is 0 Å². The Hall–Kier alpha value is -0.870. The van der Waals surface area contributed by atoms with Crippen LogP contribution < -0.4 is 5.56 Å². The third kappa shape index (κ3) is 2.79. The van der Waals surface area contributed by atoms with Gasteiger partial charge in [-0.05, 0) is 12.8 Å². The molecule has 1 aromatic rings. The third-order valence-electron chi connectivity index (χ3n) is 2.43. The molecule has 1 N–H and O–H groups in total. The Morgan fingerprint density at radius 2 is 2.53 bits per heavy atom. The van der Waals surface area contributed by atoms with E-state index in [4.69, 9.17) is 16.3 Å². The summed E-state index contributed by atoms with van der Waals surface area (Å²) in [5.74, 6) is 0.938. The van der Waals surface area contributed by atoms with E-state index in [0.717, 1.165) is 19.4 Å². The van der Waals surface area contributed by atoms with Gasteiger partial charge in [-0.25, -0.2) is 4.98 Å². The minimum atomic E-state index is -0.145. The van der Waals surface area contributed by atoms with Crippen LogP contribution in [-0.4, -0.2) is 22.7 Å². The summed E-state index contributed by atoms with van der Waals surface area (Å²) in [7, 11) is 0. The molecule has 1 unspecified atom stereocenters. The Bertz CT molecular complexity index is 385. The number of nitrogens with one attached hydrogen (secondary N) is 1. The topological polar surface area (TPSA) is 55.0 Å². The fourth-order valence-electron chi connectivity index (χ4n) is 1.75. The maximum Gasteiger partial charge on any atom is 0.251 e. The predicted molar refractivity (Wildman–Crippen MR) is 57.1 cm³/mol. The number of H-pyrrole nitrogens is 1. The second-order valence-electron chi connectivity index (χ2n) is 3.66. The summed E-state index contributed by atoms with van der Waals surface area (Å²) in [5.41, 5.74) is 0.474. The molecule has 1 fully saturated rings. The predicted octanol–water partition coefficient (Wildman–Crippen LogP) is 1.23. The van der Waals surface area contributed by atoms with Gasteiger partial charge in [-0.15, -0.1) is 11.6 Å². The highest BCUT2D eigenvalue weighted by molar-refractivity contribution is 6.16. The molecular weight excluding hydrogens is 216 g/mol. The number of hydrogen-bond donors (Lipinski definition) is 1. The van der Waals surface area contributed by atoms with Gasteiger partial charge < -0.3 is 9.72 Å². The fourth-order valence-corrected chi connectivity index (χ4v) is 1.89. The summed E-state index contributed by atoms with van der Waals surface area (Å²) in [6, 6.07) is 1.42. The zero-order valence-electron chi connectivity index (χ0n) is 8.33. The quantitative estimate of drug-likeness (QED) is 0.792. The monoisotopic (exact) mass is 228 g/mol. The summed E-state index contributed by atoms with van der Waals surface area (Å²) >= 11 is 5.64. The van der Waals surface area contributed by atoms with Crippen molar-refractivity contribution >= 4 is 11.6 Å². The first-order chi connectivity index (χ1) is 7.28. The van der Waals surface area contributed by atoms with Crippen molar-refractivity contribution in [3.05, 3.63) is 27.9 Å². The van der Waals surface area contributed by atoms with Gasteiger partial charge in [0.1, 0.15) is 5.82 Å². The van der Waals surface area contributed by atoms with Gasteiger partial charge in [-0.1, -0.05) is 0 Å². The van der Waals surface area contributed by atoms with Crippen LogP contribution in [0.2, 0.25) is 0 Å². The molecule has 0 aliphatic carbocycles. The molecule has 1 aliphatic rings. The average molecular weight is 229 g/mol. The van der Waals surface area contributed by atoms with Crippen molar-refractivity contribution < 1.29 is 4.74 Å². The van der Waals surface area contributed by atoms with Gasteiger partial charge in [0.25, 0.3) is 5.56 Å². The summed E-state index contributed by atoms with van der Waals surface area (Å²) in [6.45, 7) is 0.810. The molecule has 0 saturated carbocycles. The average Bonchev–Trinajstić information content (AvgIpc) is 2.69. The number of aromatic amines is 1. The number of alkyl halides is 1. The number of aromatic nitrogens is 2. The number of ether oxygens (including phenoxy) is 1. The van der Waals surface area contributed by atoms with Gasteiger partial charge in [0.05, 0.1) is 17.7 Å². The van der Waals surface area contributed by atoms with Gasteiger partial charge in [-0.3, -0.25) is 4.79 Å². The lowest BCUT2D eigenvalue weighted by Gasteiger charge is -2.08. The first-order valence-electron chi connectivity index (χ1n) is 5.04. The molecule has 15 heavy (non-hydrogen) atoms. The molecule has 5 heteroatoms. The Morgan fingerprint density at radius 1 is 1.67 bits per heavy atom. The van der Waals surface area contributed by atoms with Crippen LogP contribution in [0.15, 0.2) is 10.9 Å². The van der Waals surface area contributed by atoms with E-state index >= 15 is 0 Å². The maximum absolute atomic E-state index is 11.2. The van der Waals surface area contributed by atoms with Crippen LogP contribution in [0.5, 0.6) is 0 Å². The molecule has 0 amide bonds. The molecular formula is C10H13ClN2O2. The zero-order valence-corrected chi connectivity index (χ0v) is 9.09. The lowest BCUT2D eigenvalue weighted by atomic mass is 10.2. The molecule has 4 nitrogen and oxygen atoms in total. The van der Waals surface area contributed by atoms with Crippen LogP contribution in [0.4, 0.5) is 0 Å². The third-order valence-corrected chi connectivity index (χ3v) is 2.70. The number of halogens is 1. The van der Waals surface area contributed by atoms with Crippen LogP contribution in [0, 0.1) is 0 Å². The standard InChI is InChI=1S/C10H13ClN2O2/c11-6-7-4-10(14)13-9(12-7)5-8-2-1-3-15-8/h4,8H,1-3,5-6H2,(H,12,13,14). The van der Waals surface area contributed by atoms with E-state index in [0.29, 0.717) is 17.9 Å². The first kappa shape index (κ1) is 10.6. The van der Waals surface area contributed by atoms with Gasteiger partial charge >= 0.3 is 0 Å². The van der Waals surface area contributed by atoms with Gasteiger partial charge in [0.15, 0.2) is 0 Å². The Labute approximate surface area is 92.6 Å². The van der Waals surface area contributed by atoms with E-state index in [9.17, 15) is 4.79 Å². The molecule has 2 heterocycles. The summed E-state index contributed by atoms with van der Waals surface area (Å²) < 4.78 is 5.48. The molecule has 0 bridgehead atoms. The maximum atomic E-state index is 11.2. The van der Waals surface area contributed by atoms with Gasteiger partial charge in [-0.2, -0.15) is 0 Å². The Kier molecular flexibility index (Phi) is 3.38. The molecule has 1 saturated heterocycles. The largest absolute Gasteiger partial charge is 0.378 e. The molecule has 2 rings (SSSR count). The molecule has 82 valence electrons. The van der Waals surface area contributed by atoms with E-state index in [1.54, 1.807) is 0 Å². The molecule has 1 atom stereocenters. The summed E-state index contributed by atoms with van der Waals surface area (Å²) in [4.78, 5) is 18.2. The molecule has 1 aliphatic heterocycles. The summed E-state index contributed by atoms with van der Waals surface area (Å²) in [6.07, 6.45) is 2.98. The molecule has 0 aromatic carbocycles. The van der Waals surface area contributed by atoms with Crippen LogP contribution in [0.3, 0.4) is 0 Å². The SMILES string of the molecule is O=c1cc(CCl)nc(CC2CCCO2)[nH]1. The van der Waals surface area contributed by atoms with Crippen LogP contribution in [0.25, 0.3) is 0 Å². The highest BCUT2D eigenvalue weighted by atomic mass is 35.5. The van der Waals surface area contributed by atoms with Crippen molar-refractivity contribution in [2.75, 3.05) is 6.61 Å². The second kappa shape index (κ2) is 4.77. The number of nitrogens with zero attached hydrogens (tertiary/aromatic N) is 1. The molecule has 0 spiro atoms. The minimum absolute atomic E-state index is 0.145. The van der Waals surface area contributed by atoms with Crippen molar-refractivity contribution in [3.8, 4) is 0 Å². The minimum Gasteiger partial charge on any atom is -0.378 e. The first-order valence-corrected chi connectivity index (χ1v) is 5.58. The highest BCUT2D eigenvalue weighted by Gasteiger charge is 2.17. The van der Waals surface area contributed by atoms with E-state index in [2.05, 4.69) is 9.97 Å². The van der Waals surface area contributed by atoms with Gasteiger partial charge in [0, 0.05) is 19.1 Å². The lowest BCUT2D eigenvalue weighted by Crippen LogP contribution is -2.17. The zero-order chi connectivity index (χ0) is 10.7. The molecule has 0 radical (unpaired) electrons. The van der Waals surface area contributed by atoms with Crippen LogP contribution in [-0.2, 0) is 17.0 Å².